The molecule has 0 aliphatic heterocycles. The van der Waals surface area contributed by atoms with E-state index in [1.165, 1.54) is 0 Å². The molecule has 1 aliphatic carbocycles. The van der Waals surface area contributed by atoms with Crippen molar-refractivity contribution in [3.8, 4) is 0 Å². The molecule has 0 aromatic rings. The quantitative estimate of drug-likeness (QED) is 0.808. The SMILES string of the molecule is CCO[C@H]1CCC[C@@H]1NC(=O)OC(C)(C)C. The molecule has 1 amide bonds. The molecule has 0 bridgehead atoms. The first kappa shape index (κ1) is 13.3. The maximum Gasteiger partial charge on any atom is 0.407 e. The topological polar surface area (TPSA) is 47.6 Å². The Bertz CT molecular complexity index is 235. The van der Waals surface area contributed by atoms with Crippen molar-refractivity contribution < 1.29 is 14.3 Å². The van der Waals surface area contributed by atoms with Crippen LogP contribution in [0.4, 0.5) is 4.79 Å². The van der Waals surface area contributed by atoms with E-state index in [0.29, 0.717) is 6.61 Å². The molecule has 1 saturated carbocycles. The zero-order chi connectivity index (χ0) is 12.2. The highest BCUT2D eigenvalue weighted by atomic mass is 16.6. The number of alkyl carbamates (subject to hydrolysis) is 1. The molecule has 1 aliphatic rings. The highest BCUT2D eigenvalue weighted by Gasteiger charge is 2.30. The van der Waals surface area contributed by atoms with Crippen LogP contribution in [0.1, 0.15) is 47.0 Å². The maximum absolute atomic E-state index is 11.6. The summed E-state index contributed by atoms with van der Waals surface area (Å²) in [5, 5.41) is 2.88. The monoisotopic (exact) mass is 229 g/mol. The van der Waals surface area contributed by atoms with Gasteiger partial charge >= 0.3 is 6.09 Å². The van der Waals surface area contributed by atoms with Gasteiger partial charge in [0.25, 0.3) is 0 Å². The lowest BCUT2D eigenvalue weighted by Crippen LogP contribution is -2.43. The van der Waals surface area contributed by atoms with E-state index < -0.39 is 5.60 Å². The van der Waals surface area contributed by atoms with Gasteiger partial charge in [0.05, 0.1) is 12.1 Å². The van der Waals surface area contributed by atoms with Crippen molar-refractivity contribution in [1.29, 1.82) is 0 Å². The van der Waals surface area contributed by atoms with Crippen molar-refractivity contribution in [1.82, 2.24) is 5.32 Å². The molecule has 0 spiro atoms. The van der Waals surface area contributed by atoms with Crippen LogP contribution in [0.15, 0.2) is 0 Å². The largest absolute Gasteiger partial charge is 0.444 e. The van der Waals surface area contributed by atoms with Gasteiger partial charge < -0.3 is 14.8 Å². The second kappa shape index (κ2) is 5.53. The van der Waals surface area contributed by atoms with E-state index in [-0.39, 0.29) is 18.2 Å². The van der Waals surface area contributed by atoms with Crippen LogP contribution >= 0.6 is 0 Å². The van der Waals surface area contributed by atoms with Crippen molar-refractivity contribution >= 4 is 6.09 Å². The Labute approximate surface area is 97.7 Å². The van der Waals surface area contributed by atoms with E-state index in [1.807, 2.05) is 27.7 Å². The molecule has 0 heterocycles. The fourth-order valence-corrected chi connectivity index (χ4v) is 1.96. The van der Waals surface area contributed by atoms with Gasteiger partial charge in [-0.3, -0.25) is 0 Å². The van der Waals surface area contributed by atoms with Gasteiger partial charge in [-0.05, 0) is 47.0 Å². The van der Waals surface area contributed by atoms with Crippen LogP contribution in [0.5, 0.6) is 0 Å². The summed E-state index contributed by atoms with van der Waals surface area (Å²) >= 11 is 0. The Kier molecular flexibility index (Phi) is 4.59. The van der Waals surface area contributed by atoms with Crippen molar-refractivity contribution in [2.24, 2.45) is 0 Å². The second-order valence-corrected chi connectivity index (χ2v) is 5.18. The molecule has 1 fully saturated rings. The summed E-state index contributed by atoms with van der Waals surface area (Å²) in [6.45, 7) is 8.25. The summed E-state index contributed by atoms with van der Waals surface area (Å²) in [6, 6.07) is 0.106. The number of rotatable bonds is 3. The number of hydrogen-bond acceptors (Lipinski definition) is 3. The minimum Gasteiger partial charge on any atom is -0.444 e. The molecular weight excluding hydrogens is 206 g/mol. The second-order valence-electron chi connectivity index (χ2n) is 5.18. The zero-order valence-electron chi connectivity index (χ0n) is 10.7. The smallest absolute Gasteiger partial charge is 0.407 e. The number of hydrogen-bond donors (Lipinski definition) is 1. The van der Waals surface area contributed by atoms with Gasteiger partial charge in [0.15, 0.2) is 0 Å². The molecule has 4 nitrogen and oxygen atoms in total. The Morgan fingerprint density at radius 1 is 1.38 bits per heavy atom. The van der Waals surface area contributed by atoms with E-state index >= 15 is 0 Å². The fraction of sp³-hybridized carbons (Fsp3) is 0.917. The van der Waals surface area contributed by atoms with Crippen LogP contribution in [0, 0.1) is 0 Å². The van der Waals surface area contributed by atoms with Crippen molar-refractivity contribution in [2.45, 2.75) is 64.7 Å². The molecular formula is C12H23NO3. The van der Waals surface area contributed by atoms with Crippen LogP contribution in [0.25, 0.3) is 0 Å². The minimum atomic E-state index is -0.441. The molecule has 0 saturated heterocycles. The lowest BCUT2D eigenvalue weighted by atomic mass is 10.2. The molecule has 16 heavy (non-hydrogen) atoms. The van der Waals surface area contributed by atoms with Crippen LogP contribution in [0.3, 0.4) is 0 Å². The first-order valence-electron chi connectivity index (χ1n) is 6.03. The van der Waals surface area contributed by atoms with Gasteiger partial charge in [-0.1, -0.05) is 0 Å². The van der Waals surface area contributed by atoms with Crippen LogP contribution in [0.2, 0.25) is 0 Å². The van der Waals surface area contributed by atoms with Crippen LogP contribution in [-0.4, -0.2) is 30.4 Å². The Balaban J connectivity index is 2.38. The van der Waals surface area contributed by atoms with Crippen molar-refractivity contribution in [3.63, 3.8) is 0 Å². The number of ether oxygens (including phenoxy) is 2. The summed E-state index contributed by atoms with van der Waals surface area (Å²) in [7, 11) is 0. The number of nitrogens with one attached hydrogen (secondary N) is 1. The van der Waals surface area contributed by atoms with Gasteiger partial charge in [-0.2, -0.15) is 0 Å². The molecule has 1 N–H and O–H groups in total. The van der Waals surface area contributed by atoms with Crippen molar-refractivity contribution in [2.75, 3.05) is 6.61 Å². The van der Waals surface area contributed by atoms with E-state index in [2.05, 4.69) is 5.32 Å². The number of carbonyl (C=O) groups excluding carboxylic acids is 1. The van der Waals surface area contributed by atoms with E-state index in [0.717, 1.165) is 19.3 Å². The predicted molar refractivity (Wildman–Crippen MR) is 62.4 cm³/mol. The number of amides is 1. The lowest BCUT2D eigenvalue weighted by molar-refractivity contribution is 0.0284. The van der Waals surface area contributed by atoms with E-state index in [9.17, 15) is 4.79 Å². The lowest BCUT2D eigenvalue weighted by Gasteiger charge is -2.24. The molecule has 2 atom stereocenters. The summed E-state index contributed by atoms with van der Waals surface area (Å²) in [5.41, 5.74) is -0.441. The normalized spacial score (nSPS) is 25.5. The first-order valence-corrected chi connectivity index (χ1v) is 6.03. The number of carbonyl (C=O) groups is 1. The Morgan fingerprint density at radius 3 is 2.62 bits per heavy atom. The van der Waals surface area contributed by atoms with Gasteiger partial charge in [0.2, 0.25) is 0 Å². The summed E-state index contributed by atoms with van der Waals surface area (Å²) in [5.74, 6) is 0. The standard InChI is InChI=1S/C12H23NO3/c1-5-15-10-8-6-7-9(10)13-11(14)16-12(2,3)4/h9-10H,5-8H2,1-4H3,(H,13,14)/t9-,10-/m0/s1. The molecule has 0 unspecified atom stereocenters. The summed E-state index contributed by atoms with van der Waals surface area (Å²) in [4.78, 5) is 11.6. The van der Waals surface area contributed by atoms with Crippen LogP contribution < -0.4 is 5.32 Å². The minimum absolute atomic E-state index is 0.106. The zero-order valence-corrected chi connectivity index (χ0v) is 10.7. The summed E-state index contributed by atoms with van der Waals surface area (Å²) in [6.07, 6.45) is 2.91. The average molecular weight is 229 g/mol. The summed E-state index contributed by atoms with van der Waals surface area (Å²) < 4.78 is 10.8. The van der Waals surface area contributed by atoms with Crippen molar-refractivity contribution in [3.05, 3.63) is 0 Å². The highest BCUT2D eigenvalue weighted by molar-refractivity contribution is 5.68. The predicted octanol–water partition coefficient (Wildman–Crippen LogP) is 2.47. The first-order chi connectivity index (χ1) is 7.42. The third-order valence-corrected chi connectivity index (χ3v) is 2.54. The fourth-order valence-electron chi connectivity index (χ4n) is 1.96. The Hall–Kier alpha value is -0.770. The Morgan fingerprint density at radius 2 is 2.06 bits per heavy atom. The van der Waals surface area contributed by atoms with Crippen LogP contribution in [-0.2, 0) is 9.47 Å². The molecule has 4 heteroatoms. The molecule has 1 rings (SSSR count). The highest BCUT2D eigenvalue weighted by Crippen LogP contribution is 2.22. The van der Waals surface area contributed by atoms with Gasteiger partial charge in [0, 0.05) is 6.61 Å². The molecule has 94 valence electrons. The third-order valence-electron chi connectivity index (χ3n) is 2.54. The average Bonchev–Trinajstić information content (AvgIpc) is 2.50. The maximum atomic E-state index is 11.6. The van der Waals surface area contributed by atoms with E-state index in [4.69, 9.17) is 9.47 Å². The molecule has 0 aromatic carbocycles. The van der Waals surface area contributed by atoms with E-state index in [1.54, 1.807) is 0 Å². The van der Waals surface area contributed by atoms with Gasteiger partial charge in [0.1, 0.15) is 5.60 Å². The van der Waals surface area contributed by atoms with Gasteiger partial charge in [-0.15, -0.1) is 0 Å². The van der Waals surface area contributed by atoms with Gasteiger partial charge in [-0.25, -0.2) is 4.79 Å². The molecule has 0 radical (unpaired) electrons. The molecule has 0 aromatic heterocycles. The third kappa shape index (κ3) is 4.39.